The Balaban J connectivity index is 2.26. The molecule has 0 aromatic rings. The van der Waals surface area contributed by atoms with Crippen LogP contribution in [0.5, 0.6) is 0 Å². The predicted octanol–water partition coefficient (Wildman–Crippen LogP) is 2.42. The Labute approximate surface area is 113 Å². The average Bonchev–Trinajstić information content (AvgIpc) is 2.29. The number of halogens is 3. The Morgan fingerprint density at radius 3 is 2.63 bits per heavy atom. The quantitative estimate of drug-likeness (QED) is 0.757. The van der Waals surface area contributed by atoms with Crippen molar-refractivity contribution in [3.63, 3.8) is 0 Å². The Morgan fingerprint density at radius 1 is 1.37 bits per heavy atom. The fraction of sp³-hybridized carbons (Fsp3) is 1.00. The average molecular weight is 282 g/mol. The predicted molar refractivity (Wildman–Crippen MR) is 69.2 cm³/mol. The second kappa shape index (κ2) is 6.90. The minimum Gasteiger partial charge on any atom is -0.372 e. The van der Waals surface area contributed by atoms with Crippen molar-refractivity contribution in [1.29, 1.82) is 0 Å². The largest absolute Gasteiger partial charge is 0.411 e. The fourth-order valence-corrected chi connectivity index (χ4v) is 2.30. The molecule has 1 N–H and O–H groups in total. The van der Waals surface area contributed by atoms with Crippen molar-refractivity contribution in [1.82, 2.24) is 10.2 Å². The lowest BCUT2D eigenvalue weighted by atomic mass is 9.96. The van der Waals surface area contributed by atoms with Gasteiger partial charge in [0.15, 0.2) is 0 Å². The van der Waals surface area contributed by atoms with Gasteiger partial charge in [0.25, 0.3) is 0 Å². The zero-order valence-corrected chi connectivity index (χ0v) is 12.0. The molecule has 0 saturated carbocycles. The van der Waals surface area contributed by atoms with E-state index in [1.54, 1.807) is 0 Å². The van der Waals surface area contributed by atoms with E-state index in [1.807, 2.05) is 0 Å². The van der Waals surface area contributed by atoms with Crippen molar-refractivity contribution >= 4 is 0 Å². The summed E-state index contributed by atoms with van der Waals surface area (Å²) in [5.41, 5.74) is 0.0513. The molecule has 1 heterocycles. The first-order valence-corrected chi connectivity index (χ1v) is 6.87. The third-order valence-corrected chi connectivity index (χ3v) is 3.60. The molecule has 0 spiro atoms. The van der Waals surface area contributed by atoms with Crippen LogP contribution in [0.25, 0.3) is 0 Å². The molecule has 0 amide bonds. The van der Waals surface area contributed by atoms with E-state index in [-0.39, 0.29) is 12.1 Å². The van der Waals surface area contributed by atoms with Gasteiger partial charge in [0.2, 0.25) is 0 Å². The molecule has 1 unspecified atom stereocenters. The molecule has 0 bridgehead atoms. The van der Waals surface area contributed by atoms with Gasteiger partial charge in [-0.3, -0.25) is 4.90 Å². The van der Waals surface area contributed by atoms with Crippen LogP contribution in [-0.4, -0.2) is 55.5 Å². The van der Waals surface area contributed by atoms with Crippen molar-refractivity contribution in [2.75, 3.05) is 32.8 Å². The standard InChI is InChI=1S/C13H25F3N2O/c1-4-11-8-18(12(2,3)9-17-11)6-5-7-19-10-13(14,15)16/h11,17H,4-10H2,1-3H3. The molecular formula is C13H25F3N2O. The number of rotatable bonds is 6. The van der Waals surface area contributed by atoms with Crippen LogP contribution in [-0.2, 0) is 4.74 Å². The second-order valence-electron chi connectivity index (χ2n) is 5.77. The second-order valence-corrected chi connectivity index (χ2v) is 5.77. The minimum absolute atomic E-state index is 0.0513. The van der Waals surface area contributed by atoms with Crippen molar-refractivity contribution in [2.24, 2.45) is 0 Å². The van der Waals surface area contributed by atoms with Gasteiger partial charge in [0.05, 0.1) is 0 Å². The first kappa shape index (κ1) is 16.7. The minimum atomic E-state index is -4.22. The molecule has 1 saturated heterocycles. The SMILES string of the molecule is CCC1CN(CCCOCC(F)(F)F)C(C)(C)CN1. The summed E-state index contributed by atoms with van der Waals surface area (Å²) in [5, 5.41) is 3.49. The highest BCUT2D eigenvalue weighted by molar-refractivity contribution is 4.92. The summed E-state index contributed by atoms with van der Waals surface area (Å²) >= 11 is 0. The van der Waals surface area contributed by atoms with Crippen LogP contribution in [0, 0.1) is 0 Å². The number of ether oxygens (including phenoxy) is 1. The normalized spacial score (nSPS) is 24.6. The van der Waals surface area contributed by atoms with E-state index in [0.717, 1.165) is 26.1 Å². The first-order valence-electron chi connectivity index (χ1n) is 6.87. The summed E-state index contributed by atoms with van der Waals surface area (Å²) in [6, 6.07) is 0.476. The van der Waals surface area contributed by atoms with Gasteiger partial charge >= 0.3 is 6.18 Å². The zero-order chi connectivity index (χ0) is 14.5. The van der Waals surface area contributed by atoms with E-state index in [1.165, 1.54) is 0 Å². The zero-order valence-electron chi connectivity index (χ0n) is 12.0. The van der Waals surface area contributed by atoms with Gasteiger partial charge in [-0.15, -0.1) is 0 Å². The molecule has 1 aliphatic heterocycles. The lowest BCUT2D eigenvalue weighted by molar-refractivity contribution is -0.174. The van der Waals surface area contributed by atoms with Gasteiger partial charge in [-0.25, -0.2) is 0 Å². The van der Waals surface area contributed by atoms with Crippen LogP contribution < -0.4 is 5.32 Å². The van der Waals surface area contributed by atoms with E-state index in [4.69, 9.17) is 0 Å². The highest BCUT2D eigenvalue weighted by atomic mass is 19.4. The van der Waals surface area contributed by atoms with Crippen molar-refractivity contribution in [3.8, 4) is 0 Å². The Morgan fingerprint density at radius 2 is 2.05 bits per heavy atom. The van der Waals surface area contributed by atoms with Crippen molar-refractivity contribution in [2.45, 2.75) is 51.4 Å². The van der Waals surface area contributed by atoms with E-state index in [0.29, 0.717) is 12.5 Å². The lowest BCUT2D eigenvalue weighted by Crippen LogP contribution is -2.61. The number of hydrogen-bond donors (Lipinski definition) is 1. The highest BCUT2D eigenvalue weighted by Crippen LogP contribution is 2.20. The Kier molecular flexibility index (Phi) is 6.08. The number of piperazine rings is 1. The summed E-state index contributed by atoms with van der Waals surface area (Å²) in [7, 11) is 0. The van der Waals surface area contributed by atoms with Crippen LogP contribution in [0.15, 0.2) is 0 Å². The molecule has 0 radical (unpaired) electrons. The lowest BCUT2D eigenvalue weighted by Gasteiger charge is -2.46. The molecule has 1 aliphatic rings. The van der Waals surface area contributed by atoms with E-state index in [9.17, 15) is 13.2 Å². The summed E-state index contributed by atoms with van der Waals surface area (Å²) in [4.78, 5) is 2.34. The van der Waals surface area contributed by atoms with Crippen molar-refractivity contribution in [3.05, 3.63) is 0 Å². The molecule has 1 fully saturated rings. The van der Waals surface area contributed by atoms with Crippen LogP contribution in [0.3, 0.4) is 0 Å². The number of alkyl halides is 3. The number of nitrogens with one attached hydrogen (secondary N) is 1. The smallest absolute Gasteiger partial charge is 0.372 e. The molecule has 3 nitrogen and oxygen atoms in total. The summed E-state index contributed by atoms with van der Waals surface area (Å²) in [6.45, 7) is 8.11. The molecule has 6 heteroatoms. The monoisotopic (exact) mass is 282 g/mol. The molecule has 0 aliphatic carbocycles. The summed E-state index contributed by atoms with van der Waals surface area (Å²) in [6.07, 6.45) is -2.52. The van der Waals surface area contributed by atoms with E-state index in [2.05, 4.69) is 35.7 Å². The van der Waals surface area contributed by atoms with Crippen LogP contribution >= 0.6 is 0 Å². The van der Waals surface area contributed by atoms with Gasteiger partial charge in [-0.1, -0.05) is 6.92 Å². The first-order chi connectivity index (χ1) is 8.74. The third-order valence-electron chi connectivity index (χ3n) is 3.60. The Bertz CT molecular complexity index is 269. The molecule has 114 valence electrons. The number of hydrogen-bond acceptors (Lipinski definition) is 3. The molecule has 0 aromatic heterocycles. The van der Waals surface area contributed by atoms with Gasteiger partial charge in [-0.2, -0.15) is 13.2 Å². The molecule has 1 rings (SSSR count). The van der Waals surface area contributed by atoms with Crippen LogP contribution in [0.1, 0.15) is 33.6 Å². The van der Waals surface area contributed by atoms with Crippen molar-refractivity contribution < 1.29 is 17.9 Å². The van der Waals surface area contributed by atoms with E-state index < -0.39 is 12.8 Å². The molecular weight excluding hydrogens is 257 g/mol. The van der Waals surface area contributed by atoms with Gasteiger partial charge in [0.1, 0.15) is 6.61 Å². The van der Waals surface area contributed by atoms with E-state index >= 15 is 0 Å². The van der Waals surface area contributed by atoms with Crippen LogP contribution in [0.4, 0.5) is 13.2 Å². The molecule has 19 heavy (non-hydrogen) atoms. The van der Waals surface area contributed by atoms with Gasteiger partial charge in [0, 0.05) is 37.8 Å². The summed E-state index contributed by atoms with van der Waals surface area (Å²) < 4.78 is 40.4. The van der Waals surface area contributed by atoms with Crippen LogP contribution in [0.2, 0.25) is 0 Å². The maximum atomic E-state index is 11.9. The third kappa shape index (κ3) is 6.10. The van der Waals surface area contributed by atoms with Gasteiger partial charge in [-0.05, 0) is 26.7 Å². The van der Waals surface area contributed by atoms with Gasteiger partial charge < -0.3 is 10.1 Å². The molecule has 1 atom stereocenters. The fourth-order valence-electron chi connectivity index (χ4n) is 2.30. The highest BCUT2D eigenvalue weighted by Gasteiger charge is 2.32. The summed E-state index contributed by atoms with van der Waals surface area (Å²) in [5.74, 6) is 0. The molecule has 0 aromatic carbocycles. The maximum absolute atomic E-state index is 11.9. The topological polar surface area (TPSA) is 24.5 Å². The number of nitrogens with zero attached hydrogens (tertiary/aromatic N) is 1. The Hall–Kier alpha value is -0.330. The maximum Gasteiger partial charge on any atom is 0.411 e.